The zero-order valence-corrected chi connectivity index (χ0v) is 15.2. The molecule has 2 N–H and O–H groups in total. The number of carbonyl (C=O) groups is 1. The van der Waals surface area contributed by atoms with E-state index in [1.807, 2.05) is 0 Å². The third-order valence-electron chi connectivity index (χ3n) is 3.44. The Balaban J connectivity index is 1.70. The second-order valence-electron chi connectivity index (χ2n) is 5.23. The van der Waals surface area contributed by atoms with E-state index < -0.39 is 0 Å². The standard InChI is InChI=1S/C18H14Cl2N4O2/c1-26-15-7-6-13(20)10-14(15)21-16-8-9-17(24-23-16)22-18(25)11-2-4-12(19)5-3-11/h2-10H,1H3,(H,21,23)(H,22,24,25). The van der Waals surface area contributed by atoms with Crippen molar-refractivity contribution in [3.63, 3.8) is 0 Å². The molecule has 26 heavy (non-hydrogen) atoms. The van der Waals surface area contributed by atoms with Gasteiger partial charge in [-0.15, -0.1) is 10.2 Å². The number of nitrogens with one attached hydrogen (secondary N) is 2. The number of ether oxygens (including phenoxy) is 1. The molecule has 6 nitrogen and oxygen atoms in total. The van der Waals surface area contributed by atoms with E-state index in [4.69, 9.17) is 27.9 Å². The Bertz CT molecular complexity index is 915. The maximum atomic E-state index is 12.2. The zero-order chi connectivity index (χ0) is 18.5. The van der Waals surface area contributed by atoms with Crippen LogP contribution < -0.4 is 15.4 Å². The van der Waals surface area contributed by atoms with Gasteiger partial charge in [0.15, 0.2) is 11.6 Å². The van der Waals surface area contributed by atoms with Crippen LogP contribution in [0.5, 0.6) is 5.75 Å². The molecule has 1 aromatic heterocycles. The molecule has 0 saturated carbocycles. The summed E-state index contributed by atoms with van der Waals surface area (Å²) in [6, 6.07) is 15.1. The summed E-state index contributed by atoms with van der Waals surface area (Å²) in [7, 11) is 1.56. The number of benzene rings is 2. The van der Waals surface area contributed by atoms with E-state index in [-0.39, 0.29) is 5.91 Å². The maximum Gasteiger partial charge on any atom is 0.256 e. The van der Waals surface area contributed by atoms with E-state index in [1.165, 1.54) is 0 Å². The molecule has 0 spiro atoms. The average Bonchev–Trinajstić information content (AvgIpc) is 2.64. The quantitative estimate of drug-likeness (QED) is 0.656. The van der Waals surface area contributed by atoms with Crippen molar-refractivity contribution in [2.24, 2.45) is 0 Å². The molecule has 0 atom stereocenters. The molecule has 132 valence electrons. The van der Waals surface area contributed by atoms with E-state index in [1.54, 1.807) is 61.7 Å². The summed E-state index contributed by atoms with van der Waals surface area (Å²) in [6.45, 7) is 0. The molecule has 3 rings (SSSR count). The maximum absolute atomic E-state index is 12.2. The fourth-order valence-corrected chi connectivity index (χ4v) is 2.47. The zero-order valence-electron chi connectivity index (χ0n) is 13.7. The van der Waals surface area contributed by atoms with Crippen LogP contribution in [0.15, 0.2) is 54.6 Å². The highest BCUT2D eigenvalue weighted by molar-refractivity contribution is 6.31. The van der Waals surface area contributed by atoms with Crippen molar-refractivity contribution in [1.29, 1.82) is 0 Å². The SMILES string of the molecule is COc1ccc(Cl)cc1Nc1ccc(NC(=O)c2ccc(Cl)cc2)nn1. The topological polar surface area (TPSA) is 76.1 Å². The van der Waals surface area contributed by atoms with Crippen LogP contribution in [-0.2, 0) is 0 Å². The highest BCUT2D eigenvalue weighted by Crippen LogP contribution is 2.29. The Morgan fingerprint density at radius 3 is 2.23 bits per heavy atom. The van der Waals surface area contributed by atoms with Crippen molar-refractivity contribution >= 4 is 46.4 Å². The molecule has 1 amide bonds. The third-order valence-corrected chi connectivity index (χ3v) is 3.92. The Labute approximate surface area is 160 Å². The molecule has 0 aliphatic rings. The lowest BCUT2D eigenvalue weighted by molar-refractivity contribution is 0.102. The lowest BCUT2D eigenvalue weighted by atomic mass is 10.2. The molecule has 0 unspecified atom stereocenters. The van der Waals surface area contributed by atoms with E-state index in [0.29, 0.717) is 38.7 Å². The predicted molar refractivity (Wildman–Crippen MR) is 103 cm³/mol. The van der Waals surface area contributed by atoms with Crippen molar-refractivity contribution in [3.05, 3.63) is 70.2 Å². The van der Waals surface area contributed by atoms with Crippen LogP contribution >= 0.6 is 23.2 Å². The van der Waals surface area contributed by atoms with Crippen LogP contribution in [0.4, 0.5) is 17.3 Å². The molecule has 0 aliphatic carbocycles. The van der Waals surface area contributed by atoms with Gasteiger partial charge in [0, 0.05) is 15.6 Å². The Morgan fingerprint density at radius 2 is 1.58 bits per heavy atom. The first kappa shape index (κ1) is 18.0. The van der Waals surface area contributed by atoms with Crippen molar-refractivity contribution < 1.29 is 9.53 Å². The molecule has 0 fully saturated rings. The van der Waals surface area contributed by atoms with Gasteiger partial charge >= 0.3 is 0 Å². The summed E-state index contributed by atoms with van der Waals surface area (Å²) in [4.78, 5) is 12.2. The van der Waals surface area contributed by atoms with Crippen LogP contribution in [0.3, 0.4) is 0 Å². The number of rotatable bonds is 5. The first-order valence-electron chi connectivity index (χ1n) is 7.56. The Morgan fingerprint density at radius 1 is 0.923 bits per heavy atom. The number of anilines is 3. The number of carbonyl (C=O) groups excluding carboxylic acids is 1. The fraction of sp³-hybridized carbons (Fsp3) is 0.0556. The van der Waals surface area contributed by atoms with Gasteiger partial charge in [-0.05, 0) is 54.6 Å². The highest BCUT2D eigenvalue weighted by atomic mass is 35.5. The van der Waals surface area contributed by atoms with Gasteiger partial charge < -0.3 is 15.4 Å². The molecule has 0 aliphatic heterocycles. The van der Waals surface area contributed by atoms with E-state index in [2.05, 4.69) is 20.8 Å². The molecular weight excluding hydrogens is 375 g/mol. The number of amides is 1. The van der Waals surface area contributed by atoms with Gasteiger partial charge in [-0.1, -0.05) is 23.2 Å². The lowest BCUT2D eigenvalue weighted by Gasteiger charge is -2.11. The predicted octanol–water partition coefficient (Wildman–Crippen LogP) is 4.79. The van der Waals surface area contributed by atoms with Gasteiger partial charge in [-0.3, -0.25) is 4.79 Å². The first-order chi connectivity index (χ1) is 12.5. The Kier molecular flexibility index (Phi) is 5.55. The molecule has 0 bridgehead atoms. The molecule has 8 heteroatoms. The molecule has 3 aromatic rings. The summed E-state index contributed by atoms with van der Waals surface area (Å²) < 4.78 is 5.27. The van der Waals surface area contributed by atoms with Crippen molar-refractivity contribution in [2.45, 2.75) is 0 Å². The van der Waals surface area contributed by atoms with Crippen molar-refractivity contribution in [2.75, 3.05) is 17.7 Å². The van der Waals surface area contributed by atoms with Crippen LogP contribution in [0.1, 0.15) is 10.4 Å². The molecule has 0 saturated heterocycles. The minimum atomic E-state index is -0.298. The van der Waals surface area contributed by atoms with Gasteiger partial charge in [0.2, 0.25) is 0 Å². The van der Waals surface area contributed by atoms with Crippen LogP contribution in [-0.4, -0.2) is 23.2 Å². The number of hydrogen-bond acceptors (Lipinski definition) is 5. The molecule has 2 aromatic carbocycles. The van der Waals surface area contributed by atoms with Crippen molar-refractivity contribution in [3.8, 4) is 5.75 Å². The second kappa shape index (κ2) is 8.03. The smallest absolute Gasteiger partial charge is 0.256 e. The van der Waals surface area contributed by atoms with Crippen LogP contribution in [0.25, 0.3) is 0 Å². The van der Waals surface area contributed by atoms with Gasteiger partial charge in [-0.2, -0.15) is 0 Å². The molecule has 0 radical (unpaired) electrons. The van der Waals surface area contributed by atoms with E-state index in [0.717, 1.165) is 0 Å². The monoisotopic (exact) mass is 388 g/mol. The van der Waals surface area contributed by atoms with E-state index in [9.17, 15) is 4.79 Å². The van der Waals surface area contributed by atoms with Gasteiger partial charge in [0.25, 0.3) is 5.91 Å². The van der Waals surface area contributed by atoms with Crippen molar-refractivity contribution in [1.82, 2.24) is 10.2 Å². The highest BCUT2D eigenvalue weighted by Gasteiger charge is 2.09. The molecular formula is C18H14Cl2N4O2. The van der Waals surface area contributed by atoms with Gasteiger partial charge in [0.05, 0.1) is 12.8 Å². The first-order valence-corrected chi connectivity index (χ1v) is 8.32. The summed E-state index contributed by atoms with van der Waals surface area (Å²) >= 11 is 11.8. The van der Waals surface area contributed by atoms with Crippen LogP contribution in [0, 0.1) is 0 Å². The van der Waals surface area contributed by atoms with Crippen LogP contribution in [0.2, 0.25) is 10.0 Å². The van der Waals surface area contributed by atoms with Gasteiger partial charge in [-0.25, -0.2) is 0 Å². The minimum absolute atomic E-state index is 0.298. The number of halogens is 2. The normalized spacial score (nSPS) is 10.3. The summed E-state index contributed by atoms with van der Waals surface area (Å²) in [6.07, 6.45) is 0. The summed E-state index contributed by atoms with van der Waals surface area (Å²) in [5.74, 6) is 1.13. The molecule has 1 heterocycles. The summed E-state index contributed by atoms with van der Waals surface area (Å²) in [5.41, 5.74) is 1.13. The largest absolute Gasteiger partial charge is 0.495 e. The number of nitrogens with zero attached hydrogens (tertiary/aromatic N) is 2. The number of aromatic nitrogens is 2. The summed E-state index contributed by atoms with van der Waals surface area (Å²) in [5, 5.41) is 14.9. The average molecular weight is 389 g/mol. The minimum Gasteiger partial charge on any atom is -0.495 e. The lowest BCUT2D eigenvalue weighted by Crippen LogP contribution is -2.13. The number of methoxy groups -OCH3 is 1. The second-order valence-corrected chi connectivity index (χ2v) is 6.11. The van der Waals surface area contributed by atoms with E-state index >= 15 is 0 Å². The number of hydrogen-bond donors (Lipinski definition) is 2. The Hall–Kier alpha value is -2.83. The fourth-order valence-electron chi connectivity index (χ4n) is 2.17. The third kappa shape index (κ3) is 4.41. The van der Waals surface area contributed by atoms with Gasteiger partial charge in [0.1, 0.15) is 5.75 Å².